The van der Waals surface area contributed by atoms with E-state index in [4.69, 9.17) is 4.74 Å². The molecule has 2 amide bonds. The standard InChI is InChI=1S/C18H17FN6O2/c19-13-5-1-2-6-14(13)21-18(26)24-9-10-25-16(11-24)15(22-23-25)12-27-17-7-3-4-8-20-17/h1-8H,9-12H2,(H,21,26). The molecule has 0 aliphatic carbocycles. The van der Waals surface area contributed by atoms with E-state index in [9.17, 15) is 9.18 Å². The second-order valence-electron chi connectivity index (χ2n) is 5.99. The molecular weight excluding hydrogens is 351 g/mol. The molecule has 0 bridgehead atoms. The van der Waals surface area contributed by atoms with Gasteiger partial charge in [0, 0.05) is 18.8 Å². The van der Waals surface area contributed by atoms with E-state index >= 15 is 0 Å². The van der Waals surface area contributed by atoms with Crippen molar-refractivity contribution in [1.82, 2.24) is 24.9 Å². The highest BCUT2D eigenvalue weighted by atomic mass is 19.1. The van der Waals surface area contributed by atoms with Gasteiger partial charge in [-0.25, -0.2) is 18.9 Å². The quantitative estimate of drug-likeness (QED) is 0.765. The summed E-state index contributed by atoms with van der Waals surface area (Å²) in [6, 6.07) is 11.1. The fraction of sp³-hybridized carbons (Fsp3) is 0.222. The molecule has 3 heterocycles. The first kappa shape index (κ1) is 17.0. The van der Waals surface area contributed by atoms with Crippen molar-refractivity contribution < 1.29 is 13.9 Å². The van der Waals surface area contributed by atoms with Gasteiger partial charge in [-0.1, -0.05) is 23.4 Å². The van der Waals surface area contributed by atoms with Gasteiger partial charge >= 0.3 is 6.03 Å². The van der Waals surface area contributed by atoms with Gasteiger partial charge in [0.2, 0.25) is 5.88 Å². The third kappa shape index (κ3) is 3.71. The van der Waals surface area contributed by atoms with Crippen LogP contribution in [0.25, 0.3) is 0 Å². The van der Waals surface area contributed by atoms with Crippen molar-refractivity contribution >= 4 is 11.7 Å². The van der Waals surface area contributed by atoms with Crippen LogP contribution in [-0.2, 0) is 19.7 Å². The maximum Gasteiger partial charge on any atom is 0.322 e. The summed E-state index contributed by atoms with van der Waals surface area (Å²) in [7, 11) is 0. The maximum absolute atomic E-state index is 13.8. The van der Waals surface area contributed by atoms with Gasteiger partial charge in [0.05, 0.1) is 24.5 Å². The smallest absolute Gasteiger partial charge is 0.322 e. The second-order valence-corrected chi connectivity index (χ2v) is 5.99. The van der Waals surface area contributed by atoms with Crippen LogP contribution in [0.2, 0.25) is 0 Å². The lowest BCUT2D eigenvalue weighted by Gasteiger charge is -2.28. The summed E-state index contributed by atoms with van der Waals surface area (Å²) >= 11 is 0. The van der Waals surface area contributed by atoms with Crippen molar-refractivity contribution in [2.75, 3.05) is 11.9 Å². The van der Waals surface area contributed by atoms with E-state index in [0.717, 1.165) is 5.69 Å². The van der Waals surface area contributed by atoms with Gasteiger partial charge in [-0.2, -0.15) is 0 Å². The number of nitrogens with one attached hydrogen (secondary N) is 1. The van der Waals surface area contributed by atoms with E-state index in [-0.39, 0.29) is 18.3 Å². The SMILES string of the molecule is O=C(Nc1ccccc1F)N1CCn2nnc(COc3ccccn3)c2C1. The lowest BCUT2D eigenvalue weighted by atomic mass is 10.2. The molecule has 0 unspecified atom stereocenters. The number of amides is 2. The third-order valence-electron chi connectivity index (χ3n) is 4.24. The highest BCUT2D eigenvalue weighted by molar-refractivity contribution is 5.89. The minimum Gasteiger partial charge on any atom is -0.471 e. The summed E-state index contributed by atoms with van der Waals surface area (Å²) in [4.78, 5) is 18.2. The van der Waals surface area contributed by atoms with Gasteiger partial charge in [0.15, 0.2) is 0 Å². The number of urea groups is 1. The normalized spacial score (nSPS) is 13.1. The molecule has 0 atom stereocenters. The number of para-hydroxylation sites is 1. The molecule has 138 valence electrons. The maximum atomic E-state index is 13.8. The average Bonchev–Trinajstić information content (AvgIpc) is 3.11. The molecule has 0 radical (unpaired) electrons. The molecule has 0 saturated heterocycles. The number of benzene rings is 1. The van der Waals surface area contributed by atoms with Crippen molar-refractivity contribution in [3.8, 4) is 5.88 Å². The van der Waals surface area contributed by atoms with Gasteiger partial charge in [-0.15, -0.1) is 5.10 Å². The Morgan fingerprint density at radius 1 is 1.19 bits per heavy atom. The minimum atomic E-state index is -0.473. The molecule has 1 aromatic carbocycles. The zero-order valence-corrected chi connectivity index (χ0v) is 14.4. The zero-order chi connectivity index (χ0) is 18.6. The highest BCUT2D eigenvalue weighted by Crippen LogP contribution is 2.19. The van der Waals surface area contributed by atoms with Crippen LogP contribution in [0.5, 0.6) is 5.88 Å². The third-order valence-corrected chi connectivity index (χ3v) is 4.24. The van der Waals surface area contributed by atoms with Crippen LogP contribution in [0.3, 0.4) is 0 Å². The number of anilines is 1. The lowest BCUT2D eigenvalue weighted by molar-refractivity contribution is 0.193. The van der Waals surface area contributed by atoms with Crippen molar-refractivity contribution in [2.24, 2.45) is 0 Å². The van der Waals surface area contributed by atoms with Crippen molar-refractivity contribution in [1.29, 1.82) is 0 Å². The van der Waals surface area contributed by atoms with E-state index in [1.165, 1.54) is 12.1 Å². The Labute approximate surface area is 154 Å². The summed E-state index contributed by atoms with van der Waals surface area (Å²) in [5.41, 5.74) is 1.59. The van der Waals surface area contributed by atoms with Gasteiger partial charge in [-0.05, 0) is 18.2 Å². The summed E-state index contributed by atoms with van der Waals surface area (Å²) in [6.45, 7) is 1.48. The lowest BCUT2D eigenvalue weighted by Crippen LogP contribution is -2.41. The molecule has 8 nitrogen and oxygen atoms in total. The van der Waals surface area contributed by atoms with Gasteiger partial charge in [0.1, 0.15) is 18.1 Å². The molecule has 27 heavy (non-hydrogen) atoms. The Bertz CT molecular complexity index is 946. The molecule has 0 fully saturated rings. The van der Waals surface area contributed by atoms with Crippen molar-refractivity contribution in [2.45, 2.75) is 19.7 Å². The predicted molar refractivity (Wildman–Crippen MR) is 94.4 cm³/mol. The number of carbonyl (C=O) groups is 1. The van der Waals surface area contributed by atoms with Crippen LogP contribution in [0.1, 0.15) is 11.4 Å². The fourth-order valence-corrected chi connectivity index (χ4v) is 2.81. The average molecular weight is 368 g/mol. The van der Waals surface area contributed by atoms with E-state index < -0.39 is 5.82 Å². The fourth-order valence-electron chi connectivity index (χ4n) is 2.81. The van der Waals surface area contributed by atoms with E-state index in [2.05, 4.69) is 20.6 Å². The van der Waals surface area contributed by atoms with Crippen LogP contribution < -0.4 is 10.1 Å². The Morgan fingerprint density at radius 3 is 2.85 bits per heavy atom. The summed E-state index contributed by atoms with van der Waals surface area (Å²) < 4.78 is 21.1. The van der Waals surface area contributed by atoms with Crippen molar-refractivity contribution in [3.63, 3.8) is 0 Å². The van der Waals surface area contributed by atoms with Crippen molar-refractivity contribution in [3.05, 3.63) is 65.9 Å². The molecule has 2 aromatic heterocycles. The zero-order valence-electron chi connectivity index (χ0n) is 14.4. The largest absolute Gasteiger partial charge is 0.471 e. The number of rotatable bonds is 4. The van der Waals surface area contributed by atoms with Crippen LogP contribution in [0.15, 0.2) is 48.7 Å². The van der Waals surface area contributed by atoms with Crippen LogP contribution in [0.4, 0.5) is 14.9 Å². The Morgan fingerprint density at radius 2 is 2.04 bits per heavy atom. The number of hydrogen-bond acceptors (Lipinski definition) is 5. The molecule has 1 aliphatic heterocycles. The summed E-state index contributed by atoms with van der Waals surface area (Å²) in [5, 5.41) is 10.9. The Hall–Kier alpha value is -3.49. The van der Waals surface area contributed by atoms with Gasteiger partial charge in [-0.3, -0.25) is 0 Å². The van der Waals surface area contributed by atoms with E-state index in [0.29, 0.717) is 31.2 Å². The van der Waals surface area contributed by atoms with Gasteiger partial charge < -0.3 is 15.0 Å². The van der Waals surface area contributed by atoms with Gasteiger partial charge in [0.25, 0.3) is 0 Å². The second kappa shape index (κ2) is 7.40. The number of aromatic nitrogens is 4. The molecule has 1 aliphatic rings. The van der Waals surface area contributed by atoms with Crippen LogP contribution in [0, 0.1) is 5.82 Å². The molecule has 9 heteroatoms. The Kier molecular flexibility index (Phi) is 4.65. The predicted octanol–water partition coefficient (Wildman–Crippen LogP) is 2.44. The number of pyridine rings is 1. The number of hydrogen-bond donors (Lipinski definition) is 1. The summed E-state index contributed by atoms with van der Waals surface area (Å²) in [6.07, 6.45) is 1.64. The monoisotopic (exact) mass is 368 g/mol. The highest BCUT2D eigenvalue weighted by Gasteiger charge is 2.25. The van der Waals surface area contributed by atoms with E-state index in [1.54, 1.807) is 40.0 Å². The van der Waals surface area contributed by atoms with Crippen LogP contribution >= 0.6 is 0 Å². The first-order valence-electron chi connectivity index (χ1n) is 8.46. The number of ether oxygens (including phenoxy) is 1. The molecule has 0 saturated carbocycles. The number of fused-ring (bicyclic) bond motifs is 1. The topological polar surface area (TPSA) is 85.2 Å². The molecule has 4 rings (SSSR count). The van der Waals surface area contributed by atoms with E-state index in [1.807, 2.05) is 6.07 Å². The molecule has 0 spiro atoms. The Balaban J connectivity index is 1.44. The number of halogens is 1. The molecule has 1 N–H and O–H groups in total. The summed E-state index contributed by atoms with van der Waals surface area (Å²) in [5.74, 6) is 0.0169. The van der Waals surface area contributed by atoms with Crippen LogP contribution in [-0.4, -0.2) is 37.5 Å². The first-order chi connectivity index (χ1) is 13.2. The molecular formula is C18H17FN6O2. The minimum absolute atomic E-state index is 0.151. The number of nitrogens with zero attached hydrogens (tertiary/aromatic N) is 5. The first-order valence-corrected chi connectivity index (χ1v) is 8.46. The molecule has 3 aromatic rings. The number of carbonyl (C=O) groups excluding carboxylic acids is 1.